The van der Waals surface area contributed by atoms with E-state index in [0.717, 1.165) is 4.90 Å². The maximum atomic E-state index is 13.1. The van der Waals surface area contributed by atoms with E-state index in [1.165, 1.54) is 0 Å². The van der Waals surface area contributed by atoms with Crippen molar-refractivity contribution in [2.45, 2.75) is 60.8 Å². The SMILES string of the molecule is BC1N(C(=O)OC(B)(C(F)(F)F)C(F)(F)F)CC(B)(B)N(C(C)(C)C)C1(B)B. The van der Waals surface area contributed by atoms with Gasteiger partial charge in [-0.2, -0.15) is 26.3 Å². The molecule has 28 heavy (non-hydrogen) atoms. The maximum Gasteiger partial charge on any atom is 0.428 e. The summed E-state index contributed by atoms with van der Waals surface area (Å²) in [5, 5.41) is -1.47. The molecule has 0 spiro atoms. The summed E-state index contributed by atoms with van der Waals surface area (Å²) >= 11 is 0. The summed E-state index contributed by atoms with van der Waals surface area (Å²) in [5.74, 6) is -0.696. The van der Waals surface area contributed by atoms with Crippen molar-refractivity contribution in [1.82, 2.24) is 9.80 Å². The van der Waals surface area contributed by atoms with Gasteiger partial charge in [0, 0.05) is 18.0 Å². The van der Waals surface area contributed by atoms with Gasteiger partial charge in [0.15, 0.2) is 7.85 Å². The average Bonchev–Trinajstić information content (AvgIpc) is 2.37. The number of rotatable bonds is 1. The number of alkyl halides is 6. The van der Waals surface area contributed by atoms with Crippen LogP contribution in [0.5, 0.6) is 0 Å². The van der Waals surface area contributed by atoms with Crippen LogP contribution in [0.4, 0.5) is 31.1 Å². The number of halogens is 6. The third-order valence-electron chi connectivity index (χ3n) is 5.51. The first-order valence-electron chi connectivity index (χ1n) is 8.93. The zero-order valence-corrected chi connectivity index (χ0v) is 17.8. The minimum atomic E-state index is -5.80. The van der Waals surface area contributed by atoms with E-state index < -0.39 is 40.6 Å². The average molecular weight is 407 g/mol. The van der Waals surface area contributed by atoms with Crippen molar-refractivity contribution in [3.05, 3.63) is 0 Å². The molecule has 0 aromatic carbocycles. The number of hydrogen-bond donors (Lipinski definition) is 0. The van der Waals surface area contributed by atoms with E-state index in [2.05, 4.69) is 9.64 Å². The van der Waals surface area contributed by atoms with Crippen LogP contribution < -0.4 is 0 Å². The normalized spacial score (nSPS) is 24.0. The molecule has 16 heteroatoms. The van der Waals surface area contributed by atoms with Crippen LogP contribution in [-0.2, 0) is 4.74 Å². The fraction of sp³-hybridized carbons (Fsp3) is 0.917. The molecular formula is C12H24B6F6N2O2. The van der Waals surface area contributed by atoms with Crippen LogP contribution in [0.1, 0.15) is 20.8 Å². The highest BCUT2D eigenvalue weighted by molar-refractivity contribution is 6.47. The second-order valence-corrected chi connectivity index (χ2v) is 9.67. The lowest BCUT2D eigenvalue weighted by atomic mass is 9.43. The quantitative estimate of drug-likeness (QED) is 0.339. The van der Waals surface area contributed by atoms with Gasteiger partial charge in [-0.05, 0) is 31.4 Å². The van der Waals surface area contributed by atoms with Crippen LogP contribution in [0, 0.1) is 0 Å². The highest BCUT2D eigenvalue weighted by Crippen LogP contribution is 2.44. The second kappa shape index (κ2) is 6.87. The van der Waals surface area contributed by atoms with Gasteiger partial charge >= 0.3 is 18.4 Å². The van der Waals surface area contributed by atoms with Gasteiger partial charge in [-0.15, -0.1) is 0 Å². The first kappa shape index (κ1) is 25.2. The van der Waals surface area contributed by atoms with E-state index in [0.29, 0.717) is 0 Å². The molecule has 0 aromatic heterocycles. The Morgan fingerprint density at radius 3 is 1.71 bits per heavy atom. The lowest BCUT2D eigenvalue weighted by Crippen LogP contribution is -2.82. The van der Waals surface area contributed by atoms with Gasteiger partial charge in [-0.1, -0.05) is 0 Å². The standard InChI is InChI=1S/C12H24B6F6N2O2/c1-7(2,3)26-8(14,15)4-25(5(13)9(26,16)17)6(27)28-10(18,11(19,20)21)12(22,23)24/h5H,4,13-18H2,1-3H3. The number of carbonyl (C=O) groups is 1. The molecule has 154 valence electrons. The Morgan fingerprint density at radius 1 is 1.00 bits per heavy atom. The Labute approximate surface area is 166 Å². The van der Waals surface area contributed by atoms with Crippen molar-refractivity contribution in [2.24, 2.45) is 0 Å². The van der Waals surface area contributed by atoms with Crippen LogP contribution >= 0.6 is 0 Å². The smallest absolute Gasteiger partial charge is 0.428 e. The van der Waals surface area contributed by atoms with Crippen molar-refractivity contribution in [3.63, 3.8) is 0 Å². The predicted molar refractivity (Wildman–Crippen MR) is 110 cm³/mol. The molecule has 1 rings (SSSR count). The molecule has 0 radical (unpaired) electrons. The first-order chi connectivity index (χ1) is 12.0. The summed E-state index contributed by atoms with van der Waals surface area (Å²) < 4.78 is 82.8. The molecule has 1 saturated heterocycles. The number of nitrogens with zero attached hydrogens (tertiary/aromatic N) is 2. The lowest BCUT2D eigenvalue weighted by molar-refractivity contribution is -0.331. The van der Waals surface area contributed by atoms with Crippen LogP contribution in [0.3, 0.4) is 0 Å². The molecular weight excluding hydrogens is 383 g/mol. The van der Waals surface area contributed by atoms with E-state index >= 15 is 0 Å². The Hall–Kier alpha value is -0.800. The highest BCUT2D eigenvalue weighted by atomic mass is 19.4. The molecule has 1 heterocycles. The molecule has 0 bridgehead atoms. The van der Waals surface area contributed by atoms with Gasteiger partial charge in [0.1, 0.15) is 39.2 Å². The van der Waals surface area contributed by atoms with Gasteiger partial charge < -0.3 is 14.5 Å². The van der Waals surface area contributed by atoms with Gasteiger partial charge in [-0.3, -0.25) is 0 Å². The number of ether oxygens (including phenoxy) is 1. The van der Waals surface area contributed by atoms with Gasteiger partial charge in [-0.25, -0.2) is 4.79 Å². The van der Waals surface area contributed by atoms with E-state index in [9.17, 15) is 31.1 Å². The Balaban J connectivity index is 3.34. The molecule has 0 saturated carbocycles. The highest BCUT2D eigenvalue weighted by Gasteiger charge is 2.71. The minimum Gasteiger partial charge on any atom is -0.433 e. The Morgan fingerprint density at radius 2 is 1.39 bits per heavy atom. The van der Waals surface area contributed by atoms with Crippen molar-refractivity contribution in [2.75, 3.05) is 6.54 Å². The molecule has 0 N–H and O–H groups in total. The number of hydrogen-bond acceptors (Lipinski definition) is 3. The second-order valence-electron chi connectivity index (χ2n) is 9.67. The van der Waals surface area contributed by atoms with Crippen molar-refractivity contribution in [1.29, 1.82) is 0 Å². The van der Waals surface area contributed by atoms with Gasteiger partial charge in [0.05, 0.1) is 0 Å². The summed E-state index contributed by atoms with van der Waals surface area (Å²) in [4.78, 5) is 15.6. The molecule has 1 atom stereocenters. The summed E-state index contributed by atoms with van der Waals surface area (Å²) in [6.45, 7) is 5.80. The summed E-state index contributed by atoms with van der Waals surface area (Å²) in [6, 6.07) is 0. The molecule has 1 aliphatic rings. The zero-order valence-electron chi connectivity index (χ0n) is 17.8. The van der Waals surface area contributed by atoms with Crippen molar-refractivity contribution in [3.8, 4) is 0 Å². The predicted octanol–water partition coefficient (Wildman–Crippen LogP) is -3.21. The fourth-order valence-corrected chi connectivity index (χ4v) is 4.48. The maximum absolute atomic E-state index is 13.1. The summed E-state index contributed by atoms with van der Waals surface area (Å²) in [5.41, 5.74) is -4.95. The molecule has 1 unspecified atom stereocenters. The first-order valence-corrected chi connectivity index (χ1v) is 8.93. The van der Waals surface area contributed by atoms with Crippen molar-refractivity contribution < 1.29 is 35.9 Å². The number of amides is 1. The van der Waals surface area contributed by atoms with Crippen LogP contribution in [-0.4, -0.2) is 110 Å². The summed E-state index contributed by atoms with van der Waals surface area (Å²) in [7, 11) is 8.61. The lowest BCUT2D eigenvalue weighted by Gasteiger charge is -2.65. The molecule has 1 fully saturated rings. The van der Waals surface area contributed by atoms with E-state index in [4.69, 9.17) is 0 Å². The topological polar surface area (TPSA) is 32.8 Å². The van der Waals surface area contributed by atoms with E-state index in [1.54, 1.807) is 39.2 Å². The monoisotopic (exact) mass is 408 g/mol. The van der Waals surface area contributed by atoms with Crippen LogP contribution in [0.25, 0.3) is 0 Å². The van der Waals surface area contributed by atoms with E-state index in [1.807, 2.05) is 20.8 Å². The molecule has 1 amide bonds. The van der Waals surface area contributed by atoms with Crippen LogP contribution in [0.15, 0.2) is 0 Å². The molecule has 0 aliphatic carbocycles. The minimum absolute atomic E-state index is 0.0838. The molecule has 0 aromatic rings. The Bertz CT molecular complexity index is 607. The third-order valence-corrected chi connectivity index (χ3v) is 5.51. The largest absolute Gasteiger partial charge is 0.433 e. The zero-order chi connectivity index (χ0) is 22.7. The molecule has 1 aliphatic heterocycles. The number of piperazine rings is 1. The fourth-order valence-electron chi connectivity index (χ4n) is 4.48. The van der Waals surface area contributed by atoms with Gasteiger partial charge in [0.2, 0.25) is 0 Å². The third kappa shape index (κ3) is 4.21. The Kier molecular flexibility index (Phi) is 6.19. The van der Waals surface area contributed by atoms with Crippen LogP contribution in [0.2, 0.25) is 0 Å². The molecule has 4 nitrogen and oxygen atoms in total. The van der Waals surface area contributed by atoms with Crippen molar-refractivity contribution >= 4 is 53.2 Å². The summed E-state index contributed by atoms with van der Waals surface area (Å²) in [6.07, 6.45) is -13.2. The number of carbonyl (C=O) groups excluding carboxylic acids is 1. The van der Waals surface area contributed by atoms with Gasteiger partial charge in [0.25, 0.3) is 5.50 Å². The van der Waals surface area contributed by atoms with E-state index in [-0.39, 0.29) is 19.9 Å².